The lowest BCUT2D eigenvalue weighted by Gasteiger charge is -2.26. The van der Waals surface area contributed by atoms with Crippen LogP contribution in [0.5, 0.6) is 0 Å². The van der Waals surface area contributed by atoms with Crippen molar-refractivity contribution in [2.75, 3.05) is 19.8 Å². The Hall–Kier alpha value is -0.610. The van der Waals surface area contributed by atoms with Crippen molar-refractivity contribution < 1.29 is 14.3 Å². The highest BCUT2D eigenvalue weighted by Crippen LogP contribution is 2.39. The van der Waals surface area contributed by atoms with E-state index in [1.807, 2.05) is 6.92 Å². The Kier molecular flexibility index (Phi) is 3.89. The Bertz CT molecular complexity index is 204. The summed E-state index contributed by atoms with van der Waals surface area (Å²) in [6, 6.07) is 0. The van der Waals surface area contributed by atoms with Gasteiger partial charge in [-0.15, -0.1) is 0 Å². The van der Waals surface area contributed by atoms with E-state index in [0.717, 1.165) is 12.8 Å². The highest BCUT2D eigenvalue weighted by molar-refractivity contribution is 5.81. The average Bonchev–Trinajstić information content (AvgIpc) is 2.97. The molecule has 0 radical (unpaired) electrons. The Balaban J connectivity index is 2.55. The minimum absolute atomic E-state index is 0.244. The lowest BCUT2D eigenvalue weighted by molar-refractivity contribution is -0.153. The maximum Gasteiger partial charge on any atom is 0.328 e. The van der Waals surface area contributed by atoms with E-state index in [2.05, 4.69) is 0 Å². The maximum atomic E-state index is 11.6. The SMILES string of the molecule is CCOCC(N)(C(=O)OCC)C1CC1. The van der Waals surface area contributed by atoms with Crippen LogP contribution in [-0.4, -0.2) is 31.3 Å². The molecule has 0 bridgehead atoms. The van der Waals surface area contributed by atoms with Gasteiger partial charge in [-0.2, -0.15) is 0 Å². The van der Waals surface area contributed by atoms with Crippen molar-refractivity contribution in [1.29, 1.82) is 0 Å². The lowest BCUT2D eigenvalue weighted by atomic mass is 9.96. The zero-order valence-corrected chi connectivity index (χ0v) is 8.91. The zero-order valence-electron chi connectivity index (χ0n) is 8.91. The Morgan fingerprint density at radius 2 is 2.07 bits per heavy atom. The van der Waals surface area contributed by atoms with Crippen molar-refractivity contribution in [3.63, 3.8) is 0 Å². The molecule has 1 fully saturated rings. The van der Waals surface area contributed by atoms with Crippen molar-refractivity contribution >= 4 is 5.97 Å². The van der Waals surface area contributed by atoms with Crippen molar-refractivity contribution in [2.24, 2.45) is 11.7 Å². The molecule has 0 aromatic carbocycles. The van der Waals surface area contributed by atoms with Crippen LogP contribution in [0.15, 0.2) is 0 Å². The molecule has 1 unspecified atom stereocenters. The second-order valence-electron chi connectivity index (χ2n) is 3.67. The number of hydrogen-bond acceptors (Lipinski definition) is 4. The average molecular weight is 201 g/mol. The largest absolute Gasteiger partial charge is 0.465 e. The fourth-order valence-corrected chi connectivity index (χ4v) is 1.48. The second-order valence-corrected chi connectivity index (χ2v) is 3.67. The van der Waals surface area contributed by atoms with Gasteiger partial charge in [0.1, 0.15) is 5.54 Å². The van der Waals surface area contributed by atoms with Crippen LogP contribution in [0.3, 0.4) is 0 Å². The molecular weight excluding hydrogens is 182 g/mol. The van der Waals surface area contributed by atoms with Crippen LogP contribution in [0.4, 0.5) is 0 Å². The topological polar surface area (TPSA) is 61.5 Å². The molecule has 14 heavy (non-hydrogen) atoms. The van der Waals surface area contributed by atoms with Gasteiger partial charge in [-0.25, -0.2) is 4.79 Å². The molecule has 1 saturated carbocycles. The van der Waals surface area contributed by atoms with Crippen LogP contribution < -0.4 is 5.73 Å². The number of esters is 1. The predicted molar refractivity (Wildman–Crippen MR) is 52.8 cm³/mol. The number of nitrogens with two attached hydrogens (primary N) is 1. The standard InChI is InChI=1S/C10H19NO3/c1-3-13-7-10(11,8-5-6-8)9(12)14-4-2/h8H,3-7,11H2,1-2H3. The van der Waals surface area contributed by atoms with Gasteiger partial charge in [-0.3, -0.25) is 0 Å². The van der Waals surface area contributed by atoms with Gasteiger partial charge in [-0.05, 0) is 32.6 Å². The lowest BCUT2D eigenvalue weighted by Crippen LogP contribution is -2.55. The third kappa shape index (κ3) is 2.45. The Morgan fingerprint density at radius 3 is 2.50 bits per heavy atom. The van der Waals surface area contributed by atoms with Gasteiger partial charge in [0.25, 0.3) is 0 Å². The van der Waals surface area contributed by atoms with E-state index < -0.39 is 5.54 Å². The molecule has 82 valence electrons. The van der Waals surface area contributed by atoms with Crippen LogP contribution in [0.25, 0.3) is 0 Å². The van der Waals surface area contributed by atoms with E-state index in [-0.39, 0.29) is 18.5 Å². The summed E-state index contributed by atoms with van der Waals surface area (Å²) in [7, 11) is 0. The Morgan fingerprint density at radius 1 is 1.43 bits per heavy atom. The first-order valence-electron chi connectivity index (χ1n) is 5.19. The molecule has 0 aromatic rings. The smallest absolute Gasteiger partial charge is 0.328 e. The molecule has 0 saturated heterocycles. The number of rotatable bonds is 6. The molecule has 1 atom stereocenters. The fourth-order valence-electron chi connectivity index (χ4n) is 1.48. The van der Waals surface area contributed by atoms with Gasteiger partial charge in [0, 0.05) is 6.61 Å². The molecule has 0 amide bonds. The molecule has 1 aliphatic carbocycles. The summed E-state index contributed by atoms with van der Waals surface area (Å²) in [5, 5.41) is 0. The molecule has 1 rings (SSSR count). The monoisotopic (exact) mass is 201 g/mol. The van der Waals surface area contributed by atoms with E-state index in [9.17, 15) is 4.79 Å². The summed E-state index contributed by atoms with van der Waals surface area (Å²) in [5.74, 6) is -0.0796. The van der Waals surface area contributed by atoms with Gasteiger partial charge in [0.05, 0.1) is 13.2 Å². The highest BCUT2D eigenvalue weighted by atomic mass is 16.5. The van der Waals surface area contributed by atoms with Crippen LogP contribution in [0, 0.1) is 5.92 Å². The first-order chi connectivity index (χ1) is 6.65. The predicted octanol–water partition coefficient (Wildman–Crippen LogP) is 0.693. The number of carbonyl (C=O) groups excluding carboxylic acids is 1. The van der Waals surface area contributed by atoms with Gasteiger partial charge >= 0.3 is 5.97 Å². The second kappa shape index (κ2) is 4.75. The molecule has 0 aliphatic heterocycles. The molecule has 2 N–H and O–H groups in total. The van der Waals surface area contributed by atoms with E-state index in [4.69, 9.17) is 15.2 Å². The van der Waals surface area contributed by atoms with Gasteiger partial charge < -0.3 is 15.2 Å². The summed E-state index contributed by atoms with van der Waals surface area (Å²) >= 11 is 0. The Labute approximate surface area is 84.7 Å². The van der Waals surface area contributed by atoms with Crippen LogP contribution in [0.2, 0.25) is 0 Å². The quantitative estimate of drug-likeness (QED) is 0.642. The number of ether oxygens (including phenoxy) is 2. The number of hydrogen-bond donors (Lipinski definition) is 1. The van der Waals surface area contributed by atoms with Gasteiger partial charge in [0.2, 0.25) is 0 Å². The summed E-state index contributed by atoms with van der Waals surface area (Å²) in [4.78, 5) is 11.6. The molecule has 4 heteroatoms. The van der Waals surface area contributed by atoms with Crippen molar-refractivity contribution in [1.82, 2.24) is 0 Å². The van der Waals surface area contributed by atoms with E-state index >= 15 is 0 Å². The first kappa shape index (κ1) is 11.5. The number of carbonyl (C=O) groups is 1. The molecule has 4 nitrogen and oxygen atoms in total. The minimum atomic E-state index is -0.911. The van der Waals surface area contributed by atoms with Crippen molar-refractivity contribution in [3.8, 4) is 0 Å². The van der Waals surface area contributed by atoms with Crippen molar-refractivity contribution in [3.05, 3.63) is 0 Å². The van der Waals surface area contributed by atoms with Gasteiger partial charge in [0.15, 0.2) is 0 Å². The molecular formula is C10H19NO3. The third-order valence-corrected chi connectivity index (χ3v) is 2.51. The van der Waals surface area contributed by atoms with Crippen LogP contribution in [-0.2, 0) is 14.3 Å². The van der Waals surface area contributed by atoms with E-state index in [1.54, 1.807) is 6.92 Å². The highest BCUT2D eigenvalue weighted by Gasteiger charge is 2.49. The molecule has 1 aliphatic rings. The maximum absolute atomic E-state index is 11.6. The molecule has 0 heterocycles. The summed E-state index contributed by atoms with van der Waals surface area (Å²) in [6.07, 6.45) is 2.00. The van der Waals surface area contributed by atoms with E-state index in [1.165, 1.54) is 0 Å². The molecule has 0 spiro atoms. The summed E-state index contributed by atoms with van der Waals surface area (Å²) < 4.78 is 10.2. The van der Waals surface area contributed by atoms with E-state index in [0.29, 0.717) is 13.2 Å². The first-order valence-corrected chi connectivity index (χ1v) is 5.19. The zero-order chi connectivity index (χ0) is 10.6. The van der Waals surface area contributed by atoms with Crippen LogP contribution in [0.1, 0.15) is 26.7 Å². The fraction of sp³-hybridized carbons (Fsp3) is 0.900. The minimum Gasteiger partial charge on any atom is -0.465 e. The summed E-state index contributed by atoms with van der Waals surface area (Å²) in [5.41, 5.74) is 5.11. The van der Waals surface area contributed by atoms with Gasteiger partial charge in [-0.1, -0.05) is 0 Å². The normalized spacial score (nSPS) is 20.2. The van der Waals surface area contributed by atoms with Crippen molar-refractivity contribution in [2.45, 2.75) is 32.2 Å². The van der Waals surface area contributed by atoms with Crippen LogP contribution >= 0.6 is 0 Å². The summed E-state index contributed by atoms with van der Waals surface area (Å²) in [6.45, 7) is 4.89. The third-order valence-electron chi connectivity index (χ3n) is 2.51. The molecule has 0 aromatic heterocycles.